The van der Waals surface area contributed by atoms with Crippen molar-refractivity contribution >= 4 is 17.5 Å². The summed E-state index contributed by atoms with van der Waals surface area (Å²) >= 11 is 6.05. The van der Waals surface area contributed by atoms with Crippen LogP contribution in [0.15, 0.2) is 12.1 Å². The molecule has 2 rings (SSSR count). The smallest absolute Gasteiger partial charge is 0.260 e. The summed E-state index contributed by atoms with van der Waals surface area (Å²) in [5, 5.41) is 9.13. The van der Waals surface area contributed by atoms with Crippen LogP contribution in [0.4, 0.5) is 0 Å². The molecule has 1 aliphatic heterocycles. The van der Waals surface area contributed by atoms with Crippen LogP contribution in [0, 0.1) is 11.3 Å². The molecule has 20 heavy (non-hydrogen) atoms. The van der Waals surface area contributed by atoms with Gasteiger partial charge in [-0.3, -0.25) is 4.79 Å². The fourth-order valence-electron chi connectivity index (χ4n) is 2.12. The number of amides is 1. The second-order valence-corrected chi connectivity index (χ2v) is 4.89. The Morgan fingerprint density at radius 2 is 2.15 bits per heavy atom. The number of carbonyl (C=O) groups excluding carboxylic acids is 1. The Kier molecular flexibility index (Phi) is 4.70. The third kappa shape index (κ3) is 3.14. The van der Waals surface area contributed by atoms with E-state index in [0.717, 1.165) is 25.9 Å². The molecular weight excluding hydrogens is 280 g/mol. The van der Waals surface area contributed by atoms with Gasteiger partial charge in [-0.15, -0.1) is 0 Å². The molecule has 0 bridgehead atoms. The molecule has 1 saturated heterocycles. The van der Waals surface area contributed by atoms with Crippen molar-refractivity contribution in [1.29, 1.82) is 5.26 Å². The van der Waals surface area contributed by atoms with Crippen LogP contribution in [0.1, 0.15) is 18.4 Å². The molecule has 0 radical (unpaired) electrons. The van der Waals surface area contributed by atoms with E-state index in [1.165, 1.54) is 19.2 Å². The Bertz CT molecular complexity index is 548. The molecule has 0 N–H and O–H groups in total. The van der Waals surface area contributed by atoms with Gasteiger partial charge in [0, 0.05) is 19.2 Å². The van der Waals surface area contributed by atoms with Gasteiger partial charge in [-0.25, -0.2) is 0 Å². The van der Waals surface area contributed by atoms with Gasteiger partial charge in [0.15, 0.2) is 18.1 Å². The predicted molar refractivity (Wildman–Crippen MR) is 74.0 cm³/mol. The number of carbonyl (C=O) groups is 1. The van der Waals surface area contributed by atoms with Crippen molar-refractivity contribution in [2.45, 2.75) is 12.8 Å². The molecule has 1 fully saturated rings. The van der Waals surface area contributed by atoms with Crippen molar-refractivity contribution in [3.63, 3.8) is 0 Å². The molecule has 6 heteroatoms. The fraction of sp³-hybridized carbons (Fsp3) is 0.429. The van der Waals surface area contributed by atoms with Crippen molar-refractivity contribution in [3.8, 4) is 17.6 Å². The van der Waals surface area contributed by atoms with Crippen LogP contribution in [0.3, 0.4) is 0 Å². The van der Waals surface area contributed by atoms with E-state index in [2.05, 4.69) is 0 Å². The summed E-state index contributed by atoms with van der Waals surface area (Å²) in [6, 6.07) is 5.00. The lowest BCUT2D eigenvalue weighted by Crippen LogP contribution is -2.32. The molecule has 0 aliphatic carbocycles. The number of nitriles is 1. The number of halogens is 1. The molecule has 5 nitrogen and oxygen atoms in total. The Morgan fingerprint density at radius 1 is 1.45 bits per heavy atom. The second kappa shape index (κ2) is 6.49. The van der Waals surface area contributed by atoms with Crippen LogP contribution in [-0.2, 0) is 4.79 Å². The average molecular weight is 295 g/mol. The van der Waals surface area contributed by atoms with Gasteiger partial charge < -0.3 is 14.4 Å². The normalized spacial score (nSPS) is 13.9. The maximum absolute atomic E-state index is 11.9. The lowest BCUT2D eigenvalue weighted by Gasteiger charge is -2.17. The first-order valence-corrected chi connectivity index (χ1v) is 6.71. The SMILES string of the molecule is COc1cc(C#N)cc(Cl)c1OCC(=O)N1CCCC1. The second-order valence-electron chi connectivity index (χ2n) is 4.48. The first-order valence-electron chi connectivity index (χ1n) is 6.34. The molecule has 1 aromatic carbocycles. The van der Waals surface area contributed by atoms with Gasteiger partial charge >= 0.3 is 0 Å². The van der Waals surface area contributed by atoms with Gasteiger partial charge in [-0.05, 0) is 18.9 Å². The van der Waals surface area contributed by atoms with Crippen LogP contribution >= 0.6 is 11.6 Å². The number of likely N-dealkylation sites (tertiary alicyclic amines) is 1. The van der Waals surface area contributed by atoms with E-state index in [0.29, 0.717) is 17.1 Å². The third-order valence-electron chi connectivity index (χ3n) is 3.16. The van der Waals surface area contributed by atoms with Crippen LogP contribution in [0.5, 0.6) is 11.5 Å². The molecule has 1 aliphatic rings. The van der Waals surface area contributed by atoms with E-state index in [4.69, 9.17) is 26.3 Å². The molecule has 0 atom stereocenters. The van der Waals surface area contributed by atoms with Gasteiger partial charge in [0.25, 0.3) is 5.91 Å². The number of ether oxygens (including phenoxy) is 2. The largest absolute Gasteiger partial charge is 0.493 e. The molecule has 0 saturated carbocycles. The van der Waals surface area contributed by atoms with E-state index >= 15 is 0 Å². The zero-order valence-corrected chi connectivity index (χ0v) is 11.9. The summed E-state index contributed by atoms with van der Waals surface area (Å²) in [5.74, 6) is 0.578. The van der Waals surface area contributed by atoms with Gasteiger partial charge in [-0.2, -0.15) is 5.26 Å². The Hall–Kier alpha value is -1.93. The lowest BCUT2D eigenvalue weighted by atomic mass is 10.2. The number of hydrogen-bond acceptors (Lipinski definition) is 4. The molecule has 1 aromatic rings. The van der Waals surface area contributed by atoms with Gasteiger partial charge in [0.2, 0.25) is 0 Å². The maximum Gasteiger partial charge on any atom is 0.260 e. The van der Waals surface area contributed by atoms with Gasteiger partial charge in [0.1, 0.15) is 0 Å². The summed E-state index contributed by atoms with van der Waals surface area (Å²) in [4.78, 5) is 13.7. The van der Waals surface area contributed by atoms with Gasteiger partial charge in [0.05, 0.1) is 23.8 Å². The van der Waals surface area contributed by atoms with Gasteiger partial charge in [-0.1, -0.05) is 11.6 Å². The summed E-state index contributed by atoms with van der Waals surface area (Å²) < 4.78 is 10.6. The third-order valence-corrected chi connectivity index (χ3v) is 3.44. The first kappa shape index (κ1) is 14.5. The summed E-state index contributed by atoms with van der Waals surface area (Å²) in [5.41, 5.74) is 0.380. The van der Waals surface area contributed by atoms with Crippen molar-refractivity contribution < 1.29 is 14.3 Å². The van der Waals surface area contributed by atoms with E-state index < -0.39 is 0 Å². The number of rotatable bonds is 4. The summed E-state index contributed by atoms with van der Waals surface area (Å²) in [6.45, 7) is 1.48. The number of hydrogen-bond donors (Lipinski definition) is 0. The maximum atomic E-state index is 11.9. The molecule has 0 spiro atoms. The predicted octanol–water partition coefficient (Wildman–Crippen LogP) is 2.22. The Balaban J connectivity index is 2.09. The van der Waals surface area contributed by atoms with Crippen LogP contribution in [-0.4, -0.2) is 37.6 Å². The molecule has 0 unspecified atom stereocenters. The minimum Gasteiger partial charge on any atom is -0.493 e. The Morgan fingerprint density at radius 3 is 2.75 bits per heavy atom. The van der Waals surface area contributed by atoms with Crippen LogP contribution < -0.4 is 9.47 Å². The lowest BCUT2D eigenvalue weighted by molar-refractivity contribution is -0.132. The van der Waals surface area contributed by atoms with Crippen LogP contribution in [0.25, 0.3) is 0 Å². The minimum absolute atomic E-state index is 0.0648. The van der Waals surface area contributed by atoms with Crippen LogP contribution in [0.2, 0.25) is 5.02 Å². The quantitative estimate of drug-likeness (QED) is 0.854. The standard InChI is InChI=1S/C14H15ClN2O3/c1-19-12-7-10(8-16)6-11(15)14(12)20-9-13(18)17-4-2-3-5-17/h6-7H,2-5,9H2,1H3. The monoisotopic (exact) mass is 294 g/mol. The van der Waals surface area contributed by atoms with E-state index in [1.54, 1.807) is 4.90 Å². The highest BCUT2D eigenvalue weighted by Crippen LogP contribution is 2.36. The van der Waals surface area contributed by atoms with Crippen molar-refractivity contribution in [3.05, 3.63) is 22.7 Å². The molecule has 1 amide bonds. The molecule has 1 heterocycles. The number of nitrogens with zero attached hydrogens (tertiary/aromatic N) is 2. The first-order chi connectivity index (χ1) is 9.65. The molecule has 106 valence electrons. The van der Waals surface area contributed by atoms with E-state index in [9.17, 15) is 4.79 Å². The van der Waals surface area contributed by atoms with Crippen molar-refractivity contribution in [2.75, 3.05) is 26.8 Å². The summed E-state index contributed by atoms with van der Waals surface area (Å²) in [7, 11) is 1.46. The fourth-order valence-corrected chi connectivity index (χ4v) is 2.38. The highest BCUT2D eigenvalue weighted by Gasteiger charge is 2.20. The average Bonchev–Trinajstić information content (AvgIpc) is 2.99. The zero-order valence-electron chi connectivity index (χ0n) is 11.2. The Labute approximate surface area is 122 Å². The highest BCUT2D eigenvalue weighted by molar-refractivity contribution is 6.32. The van der Waals surface area contributed by atoms with E-state index in [1.807, 2.05) is 6.07 Å². The number of methoxy groups -OCH3 is 1. The van der Waals surface area contributed by atoms with Crippen molar-refractivity contribution in [2.24, 2.45) is 0 Å². The number of benzene rings is 1. The molecule has 0 aromatic heterocycles. The minimum atomic E-state index is -0.0814. The highest BCUT2D eigenvalue weighted by atomic mass is 35.5. The topological polar surface area (TPSA) is 62.6 Å². The van der Waals surface area contributed by atoms with E-state index in [-0.39, 0.29) is 17.5 Å². The zero-order chi connectivity index (χ0) is 14.5. The molecular formula is C14H15ClN2O3. The van der Waals surface area contributed by atoms with Crippen molar-refractivity contribution in [1.82, 2.24) is 4.90 Å². The summed E-state index contributed by atoms with van der Waals surface area (Å²) in [6.07, 6.45) is 2.07.